The number of rotatable bonds is 7. The van der Waals surface area contributed by atoms with Gasteiger partial charge in [-0.25, -0.2) is 4.98 Å². The second-order valence-corrected chi connectivity index (χ2v) is 11.7. The minimum absolute atomic E-state index is 0.202. The van der Waals surface area contributed by atoms with Crippen molar-refractivity contribution in [2.75, 3.05) is 12.4 Å². The van der Waals surface area contributed by atoms with Crippen LogP contribution in [-0.4, -0.2) is 38.2 Å². The predicted molar refractivity (Wildman–Crippen MR) is 167 cm³/mol. The molecule has 2 heterocycles. The Morgan fingerprint density at radius 3 is 2.73 bits per heavy atom. The Bertz CT molecular complexity index is 1770. The third-order valence-corrected chi connectivity index (χ3v) is 8.56. The number of methoxy groups -OCH3 is 1. The van der Waals surface area contributed by atoms with Gasteiger partial charge in [-0.15, -0.1) is 21.5 Å². The van der Waals surface area contributed by atoms with Crippen LogP contribution in [0.2, 0.25) is 0 Å². The van der Waals surface area contributed by atoms with Crippen molar-refractivity contribution in [3.63, 3.8) is 0 Å². The molecule has 0 saturated heterocycles. The topological polar surface area (TPSA) is 94.8 Å². The molecule has 1 fully saturated rings. The van der Waals surface area contributed by atoms with Gasteiger partial charge in [0.1, 0.15) is 5.75 Å². The number of nitrogens with zero attached hydrogens (tertiary/aromatic N) is 5. The van der Waals surface area contributed by atoms with Crippen LogP contribution < -0.4 is 10.1 Å². The van der Waals surface area contributed by atoms with E-state index in [1.807, 2.05) is 60.7 Å². The van der Waals surface area contributed by atoms with Crippen molar-refractivity contribution >= 4 is 45.5 Å². The molecule has 0 spiro atoms. The molecule has 1 aliphatic rings. The summed E-state index contributed by atoms with van der Waals surface area (Å²) in [5.41, 5.74) is 5.04. The number of nitrogens with one attached hydrogen (secondary N) is 1. The van der Waals surface area contributed by atoms with Gasteiger partial charge in [-0.05, 0) is 94.6 Å². The van der Waals surface area contributed by atoms with Crippen LogP contribution in [0.5, 0.6) is 5.75 Å². The Kier molecular flexibility index (Phi) is 8.07. The SMILES string of the molecule is COc1ccc(Cn2nnc(-c3ccc(C(=O)Nc4cccc(C#Cc5nc(C6CCC6)cs5)c4)c(I)c3)n2)cc1. The van der Waals surface area contributed by atoms with Crippen LogP contribution in [0.1, 0.15) is 57.4 Å². The number of halogens is 1. The fourth-order valence-electron chi connectivity index (χ4n) is 4.39. The molecular weight excluding hydrogens is 647 g/mol. The molecule has 1 saturated carbocycles. The van der Waals surface area contributed by atoms with Crippen LogP contribution >= 0.6 is 33.9 Å². The van der Waals surface area contributed by atoms with Crippen LogP contribution in [0.3, 0.4) is 0 Å². The first kappa shape index (κ1) is 27.1. The first-order valence-corrected chi connectivity index (χ1v) is 15.1. The molecule has 0 radical (unpaired) electrons. The summed E-state index contributed by atoms with van der Waals surface area (Å²) >= 11 is 3.75. The summed E-state index contributed by atoms with van der Waals surface area (Å²) in [4.78, 5) is 19.3. The van der Waals surface area contributed by atoms with Crippen molar-refractivity contribution in [3.05, 3.63) is 103 Å². The second kappa shape index (κ2) is 12.2. The van der Waals surface area contributed by atoms with E-state index in [0.29, 0.717) is 29.5 Å². The molecule has 6 rings (SSSR count). The lowest BCUT2D eigenvalue weighted by Crippen LogP contribution is -2.13. The van der Waals surface area contributed by atoms with Gasteiger partial charge >= 0.3 is 0 Å². The molecule has 0 bridgehead atoms. The first-order chi connectivity index (χ1) is 20.0. The van der Waals surface area contributed by atoms with Crippen LogP contribution in [0.25, 0.3) is 11.4 Å². The maximum Gasteiger partial charge on any atom is 0.256 e. The molecule has 10 heteroatoms. The number of amides is 1. The third kappa shape index (κ3) is 6.47. The van der Waals surface area contributed by atoms with Gasteiger partial charge in [0.2, 0.25) is 5.82 Å². The minimum atomic E-state index is -0.202. The summed E-state index contributed by atoms with van der Waals surface area (Å²) in [5, 5.41) is 18.8. The fourth-order valence-corrected chi connectivity index (χ4v) is 5.90. The highest BCUT2D eigenvalue weighted by Crippen LogP contribution is 2.36. The normalized spacial score (nSPS) is 12.7. The van der Waals surface area contributed by atoms with Gasteiger partial charge in [0.25, 0.3) is 5.91 Å². The summed E-state index contributed by atoms with van der Waals surface area (Å²) < 4.78 is 5.99. The molecule has 1 aliphatic carbocycles. The predicted octanol–water partition coefficient (Wildman–Crippen LogP) is 6.38. The summed E-state index contributed by atoms with van der Waals surface area (Å²) in [6, 6.07) is 20.8. The van der Waals surface area contributed by atoms with Crippen molar-refractivity contribution in [2.45, 2.75) is 31.7 Å². The molecule has 0 aliphatic heterocycles. The Labute approximate surface area is 255 Å². The molecular formula is C31H25IN6O2S. The van der Waals surface area contributed by atoms with Gasteiger partial charge in [-0.3, -0.25) is 4.79 Å². The molecule has 3 aromatic carbocycles. The molecule has 0 atom stereocenters. The van der Waals surface area contributed by atoms with Gasteiger partial charge in [0.15, 0.2) is 5.01 Å². The zero-order valence-electron chi connectivity index (χ0n) is 22.2. The molecule has 1 N–H and O–H groups in total. The average molecular weight is 673 g/mol. The number of anilines is 1. The molecule has 1 amide bonds. The maximum absolute atomic E-state index is 13.1. The molecule has 2 aromatic heterocycles. The Morgan fingerprint density at radius 2 is 1.98 bits per heavy atom. The summed E-state index contributed by atoms with van der Waals surface area (Å²) in [5.74, 6) is 8.04. The van der Waals surface area contributed by atoms with E-state index < -0.39 is 0 Å². The van der Waals surface area contributed by atoms with Gasteiger partial charge in [-0.2, -0.15) is 4.80 Å². The van der Waals surface area contributed by atoms with Crippen molar-refractivity contribution in [1.82, 2.24) is 25.2 Å². The Hall–Kier alpha value is -4.08. The number of ether oxygens (including phenoxy) is 1. The number of carbonyl (C=O) groups excluding carboxylic acids is 1. The molecule has 8 nitrogen and oxygen atoms in total. The summed E-state index contributed by atoms with van der Waals surface area (Å²) in [6.07, 6.45) is 3.74. The molecule has 5 aromatic rings. The van der Waals surface area contributed by atoms with Crippen LogP contribution in [0.4, 0.5) is 5.69 Å². The van der Waals surface area contributed by atoms with Crippen molar-refractivity contribution in [3.8, 4) is 29.0 Å². The Balaban J connectivity index is 1.10. The van der Waals surface area contributed by atoms with E-state index in [-0.39, 0.29) is 5.91 Å². The zero-order valence-corrected chi connectivity index (χ0v) is 25.1. The van der Waals surface area contributed by atoms with E-state index >= 15 is 0 Å². The lowest BCUT2D eigenvalue weighted by atomic mass is 9.83. The zero-order chi connectivity index (χ0) is 28.2. The quantitative estimate of drug-likeness (QED) is 0.159. The van der Waals surface area contributed by atoms with E-state index in [4.69, 9.17) is 4.74 Å². The lowest BCUT2D eigenvalue weighted by molar-refractivity contribution is 0.102. The molecule has 204 valence electrons. The highest BCUT2D eigenvalue weighted by atomic mass is 127. The van der Waals surface area contributed by atoms with Crippen LogP contribution in [-0.2, 0) is 6.54 Å². The number of tetrazole rings is 1. The number of thiazole rings is 1. The standard InChI is InChI=1S/C31H25IN6O2S/c1-40-25-12-8-21(9-13-25)18-38-36-30(35-37-38)23-11-14-26(27(32)17-23)31(39)33-24-7-2-4-20(16-24)10-15-29-34-28(19-41-29)22-5-3-6-22/h2,4,7-9,11-14,16-17,19,22H,3,5-6,18H2,1H3,(H,33,39). The number of hydrogen-bond donors (Lipinski definition) is 1. The first-order valence-electron chi connectivity index (χ1n) is 13.1. The number of hydrogen-bond acceptors (Lipinski definition) is 7. The Morgan fingerprint density at radius 1 is 1.12 bits per heavy atom. The van der Waals surface area contributed by atoms with E-state index in [1.165, 1.54) is 25.0 Å². The van der Waals surface area contributed by atoms with Gasteiger partial charge in [0.05, 0.1) is 24.9 Å². The van der Waals surface area contributed by atoms with Gasteiger partial charge in [0, 0.05) is 31.7 Å². The second-order valence-electron chi connectivity index (χ2n) is 9.68. The van der Waals surface area contributed by atoms with E-state index in [1.54, 1.807) is 29.3 Å². The summed E-state index contributed by atoms with van der Waals surface area (Å²) in [6.45, 7) is 0.489. The van der Waals surface area contributed by atoms with Crippen molar-refractivity contribution in [1.29, 1.82) is 0 Å². The monoisotopic (exact) mass is 672 g/mol. The summed E-state index contributed by atoms with van der Waals surface area (Å²) in [7, 11) is 1.64. The lowest BCUT2D eigenvalue weighted by Gasteiger charge is -2.22. The number of aromatic nitrogens is 5. The van der Waals surface area contributed by atoms with E-state index in [2.05, 4.69) is 65.5 Å². The average Bonchev–Trinajstić information content (AvgIpc) is 3.61. The molecule has 41 heavy (non-hydrogen) atoms. The number of benzene rings is 3. The van der Waals surface area contributed by atoms with Gasteiger partial charge < -0.3 is 10.1 Å². The highest BCUT2D eigenvalue weighted by Gasteiger charge is 2.21. The van der Waals surface area contributed by atoms with Crippen LogP contribution in [0, 0.1) is 15.4 Å². The smallest absolute Gasteiger partial charge is 0.256 e. The molecule has 0 unspecified atom stereocenters. The maximum atomic E-state index is 13.1. The van der Waals surface area contributed by atoms with Crippen molar-refractivity contribution in [2.24, 2.45) is 0 Å². The van der Waals surface area contributed by atoms with Gasteiger partial charge in [-0.1, -0.05) is 36.6 Å². The minimum Gasteiger partial charge on any atom is -0.497 e. The van der Waals surface area contributed by atoms with Crippen LogP contribution in [0.15, 0.2) is 72.1 Å². The van der Waals surface area contributed by atoms with E-state index in [0.717, 1.165) is 31.0 Å². The highest BCUT2D eigenvalue weighted by molar-refractivity contribution is 14.1. The fraction of sp³-hybridized carbons (Fsp3) is 0.194. The van der Waals surface area contributed by atoms with Crippen molar-refractivity contribution < 1.29 is 9.53 Å². The largest absolute Gasteiger partial charge is 0.497 e. The third-order valence-electron chi connectivity index (χ3n) is 6.89. The number of carbonyl (C=O) groups is 1. The van der Waals surface area contributed by atoms with E-state index in [9.17, 15) is 4.79 Å².